The van der Waals surface area contributed by atoms with Gasteiger partial charge in [-0.1, -0.05) is 12.1 Å². The van der Waals surface area contributed by atoms with Crippen molar-refractivity contribution in [1.82, 2.24) is 0 Å². The minimum absolute atomic E-state index is 0.171. The fourth-order valence-electron chi connectivity index (χ4n) is 2.65. The number of carbonyl (C=O) groups is 1. The number of hydrogen-bond donors (Lipinski definition) is 4. The summed E-state index contributed by atoms with van der Waals surface area (Å²) in [5.74, 6) is -1.24. The summed E-state index contributed by atoms with van der Waals surface area (Å²) in [6.07, 6.45) is 0. The van der Waals surface area contributed by atoms with Crippen molar-refractivity contribution in [3.8, 4) is 11.5 Å². The molecule has 0 heterocycles. The third kappa shape index (κ3) is 2.72. The Bertz CT molecular complexity index is 963. The highest BCUT2D eigenvalue weighted by molar-refractivity contribution is 5.94. The van der Waals surface area contributed by atoms with Crippen molar-refractivity contribution < 1.29 is 20.1 Å². The van der Waals surface area contributed by atoms with E-state index in [0.29, 0.717) is 11.4 Å². The Hall–Kier alpha value is -3.21. The Balaban J connectivity index is 2.02. The summed E-state index contributed by atoms with van der Waals surface area (Å²) >= 11 is 0. The molecule has 0 saturated heterocycles. The molecule has 4 N–H and O–H groups in total. The quantitative estimate of drug-likeness (QED) is 0.539. The van der Waals surface area contributed by atoms with Crippen molar-refractivity contribution in [3.05, 3.63) is 59.2 Å². The standard InChI is InChI=1S/C19H17NO4/c1-10-7-12-3-4-13(8-15(12)18(22)11(10)2)20-14-5-6-17(21)16(9-14)19(23)24/h3-9,20-22H,1-2H3,(H,23,24). The number of nitrogens with one attached hydrogen (secondary N) is 1. The Labute approximate surface area is 138 Å². The third-order valence-electron chi connectivity index (χ3n) is 4.14. The normalized spacial score (nSPS) is 10.8. The molecule has 24 heavy (non-hydrogen) atoms. The molecule has 0 atom stereocenters. The van der Waals surface area contributed by atoms with Crippen molar-refractivity contribution in [2.75, 3.05) is 5.32 Å². The number of benzene rings is 3. The van der Waals surface area contributed by atoms with Gasteiger partial charge in [0.05, 0.1) is 0 Å². The lowest BCUT2D eigenvalue weighted by Crippen LogP contribution is -1.99. The summed E-state index contributed by atoms with van der Waals surface area (Å²) in [6, 6.07) is 11.8. The molecule has 5 heteroatoms. The van der Waals surface area contributed by atoms with Gasteiger partial charge in [-0.25, -0.2) is 4.79 Å². The number of aromatic carboxylic acids is 1. The number of phenolic OH excluding ortho intramolecular Hbond substituents is 1. The van der Waals surface area contributed by atoms with E-state index in [1.54, 1.807) is 6.07 Å². The van der Waals surface area contributed by atoms with Gasteiger partial charge in [-0.05, 0) is 60.7 Å². The van der Waals surface area contributed by atoms with Crippen LogP contribution in [0.3, 0.4) is 0 Å². The molecular formula is C19H17NO4. The minimum Gasteiger partial charge on any atom is -0.507 e. The molecule has 0 aliphatic heterocycles. The first-order valence-electron chi connectivity index (χ1n) is 7.43. The summed E-state index contributed by atoms with van der Waals surface area (Å²) in [5, 5.41) is 33.7. The van der Waals surface area contributed by atoms with Crippen LogP contribution in [0.15, 0.2) is 42.5 Å². The van der Waals surface area contributed by atoms with E-state index in [1.807, 2.05) is 38.1 Å². The molecule has 0 unspecified atom stereocenters. The van der Waals surface area contributed by atoms with Crippen LogP contribution in [0.4, 0.5) is 11.4 Å². The zero-order chi connectivity index (χ0) is 17.4. The maximum atomic E-state index is 11.1. The van der Waals surface area contributed by atoms with Crippen LogP contribution < -0.4 is 5.32 Å². The van der Waals surface area contributed by atoms with E-state index in [0.717, 1.165) is 21.9 Å². The molecule has 0 saturated carbocycles. The predicted molar refractivity (Wildman–Crippen MR) is 93.4 cm³/mol. The Morgan fingerprint density at radius 2 is 1.62 bits per heavy atom. The van der Waals surface area contributed by atoms with E-state index in [9.17, 15) is 15.0 Å². The van der Waals surface area contributed by atoms with Crippen LogP contribution in [-0.4, -0.2) is 21.3 Å². The topological polar surface area (TPSA) is 89.8 Å². The lowest BCUT2D eigenvalue weighted by Gasteiger charge is -2.12. The maximum absolute atomic E-state index is 11.1. The van der Waals surface area contributed by atoms with E-state index in [1.165, 1.54) is 12.1 Å². The fourth-order valence-corrected chi connectivity index (χ4v) is 2.65. The van der Waals surface area contributed by atoms with E-state index in [4.69, 9.17) is 5.11 Å². The second-order valence-electron chi connectivity index (χ2n) is 5.77. The van der Waals surface area contributed by atoms with Crippen molar-refractivity contribution in [2.24, 2.45) is 0 Å². The Morgan fingerprint density at radius 1 is 0.958 bits per heavy atom. The average molecular weight is 323 g/mol. The smallest absolute Gasteiger partial charge is 0.339 e. The van der Waals surface area contributed by atoms with Crippen LogP contribution in [0.1, 0.15) is 21.5 Å². The van der Waals surface area contributed by atoms with Crippen LogP contribution in [0.5, 0.6) is 11.5 Å². The molecule has 0 aliphatic rings. The number of aryl methyl sites for hydroxylation is 1. The SMILES string of the molecule is Cc1cc2ccc(Nc3ccc(O)c(C(=O)O)c3)cc2c(O)c1C. The zero-order valence-corrected chi connectivity index (χ0v) is 13.3. The summed E-state index contributed by atoms with van der Waals surface area (Å²) in [6.45, 7) is 3.81. The number of carboxylic acid groups (broad SMARTS) is 1. The number of hydrogen-bond acceptors (Lipinski definition) is 4. The third-order valence-corrected chi connectivity index (χ3v) is 4.14. The van der Waals surface area contributed by atoms with Gasteiger partial charge in [0.1, 0.15) is 17.1 Å². The molecule has 3 aromatic carbocycles. The monoisotopic (exact) mass is 323 g/mol. The van der Waals surface area contributed by atoms with Gasteiger partial charge in [-0.15, -0.1) is 0 Å². The summed E-state index contributed by atoms with van der Waals surface area (Å²) in [7, 11) is 0. The number of rotatable bonds is 3. The largest absolute Gasteiger partial charge is 0.507 e. The fraction of sp³-hybridized carbons (Fsp3) is 0.105. The first-order valence-corrected chi connectivity index (χ1v) is 7.43. The van der Waals surface area contributed by atoms with Crippen molar-refractivity contribution in [1.29, 1.82) is 0 Å². The highest BCUT2D eigenvalue weighted by atomic mass is 16.4. The molecule has 0 radical (unpaired) electrons. The molecule has 0 fully saturated rings. The Kier molecular flexibility index (Phi) is 3.77. The number of fused-ring (bicyclic) bond motifs is 1. The summed E-state index contributed by atoms with van der Waals surface area (Å²) < 4.78 is 0. The van der Waals surface area contributed by atoms with Crippen molar-refractivity contribution in [2.45, 2.75) is 13.8 Å². The average Bonchev–Trinajstić information content (AvgIpc) is 2.55. The van der Waals surface area contributed by atoms with Crippen LogP contribution in [0.25, 0.3) is 10.8 Å². The first-order chi connectivity index (χ1) is 11.4. The molecule has 122 valence electrons. The lowest BCUT2D eigenvalue weighted by atomic mass is 10.0. The van der Waals surface area contributed by atoms with Crippen LogP contribution in [0, 0.1) is 13.8 Å². The molecular weight excluding hydrogens is 306 g/mol. The van der Waals surface area contributed by atoms with E-state index < -0.39 is 5.97 Å². The van der Waals surface area contributed by atoms with Crippen molar-refractivity contribution in [3.63, 3.8) is 0 Å². The number of phenols is 2. The van der Waals surface area contributed by atoms with Crippen molar-refractivity contribution >= 4 is 28.1 Å². The second-order valence-corrected chi connectivity index (χ2v) is 5.77. The van der Waals surface area contributed by atoms with Crippen LogP contribution in [-0.2, 0) is 0 Å². The molecule has 0 bridgehead atoms. The molecule has 3 rings (SSSR count). The van der Waals surface area contributed by atoms with E-state index >= 15 is 0 Å². The summed E-state index contributed by atoms with van der Waals surface area (Å²) in [4.78, 5) is 11.1. The van der Waals surface area contributed by atoms with Gasteiger partial charge in [0.15, 0.2) is 0 Å². The molecule has 0 amide bonds. The van der Waals surface area contributed by atoms with Gasteiger partial charge < -0.3 is 20.6 Å². The van der Waals surface area contributed by atoms with Crippen LogP contribution >= 0.6 is 0 Å². The molecule has 0 aliphatic carbocycles. The van der Waals surface area contributed by atoms with Crippen LogP contribution in [0.2, 0.25) is 0 Å². The molecule has 0 spiro atoms. The van der Waals surface area contributed by atoms with Gasteiger partial charge in [0.2, 0.25) is 0 Å². The highest BCUT2D eigenvalue weighted by Gasteiger charge is 2.11. The van der Waals surface area contributed by atoms with E-state index in [-0.39, 0.29) is 17.1 Å². The maximum Gasteiger partial charge on any atom is 0.339 e. The van der Waals surface area contributed by atoms with Gasteiger partial charge in [-0.2, -0.15) is 0 Å². The second kappa shape index (κ2) is 5.77. The molecule has 5 nitrogen and oxygen atoms in total. The number of carboxylic acids is 1. The van der Waals surface area contributed by atoms with E-state index in [2.05, 4.69) is 5.32 Å². The van der Waals surface area contributed by atoms with Gasteiger partial charge in [-0.3, -0.25) is 0 Å². The number of aromatic hydroxyl groups is 2. The highest BCUT2D eigenvalue weighted by Crippen LogP contribution is 2.33. The van der Waals surface area contributed by atoms with Gasteiger partial charge in [0, 0.05) is 16.8 Å². The first kappa shape index (κ1) is 15.7. The van der Waals surface area contributed by atoms with Gasteiger partial charge in [0.25, 0.3) is 0 Å². The minimum atomic E-state index is -1.20. The Morgan fingerprint density at radius 3 is 2.33 bits per heavy atom. The molecule has 0 aromatic heterocycles. The van der Waals surface area contributed by atoms with Gasteiger partial charge >= 0.3 is 5.97 Å². The number of anilines is 2. The zero-order valence-electron chi connectivity index (χ0n) is 13.3. The lowest BCUT2D eigenvalue weighted by molar-refractivity contribution is 0.0694. The summed E-state index contributed by atoms with van der Waals surface area (Å²) in [5.41, 5.74) is 2.92. The predicted octanol–water partition coefficient (Wildman–Crippen LogP) is 4.31. The molecule has 3 aromatic rings.